The molecule has 5 saturated heterocycles. The van der Waals surface area contributed by atoms with Gasteiger partial charge in [-0.05, 0) is 111 Å². The highest BCUT2D eigenvalue weighted by Gasteiger charge is 2.46. The van der Waals surface area contributed by atoms with Gasteiger partial charge >= 0.3 is 6.01 Å². The molecule has 3 atom stereocenters. The van der Waals surface area contributed by atoms with Crippen LogP contribution in [-0.4, -0.2) is 94.3 Å². The van der Waals surface area contributed by atoms with Gasteiger partial charge in [0, 0.05) is 37.1 Å². The van der Waals surface area contributed by atoms with Gasteiger partial charge in [-0.25, -0.2) is 0 Å². The minimum atomic E-state index is 0.0982. The lowest BCUT2D eigenvalue weighted by Gasteiger charge is -2.42. The molecule has 1 aromatic heterocycles. The van der Waals surface area contributed by atoms with Crippen LogP contribution in [0.15, 0.2) is 54.6 Å². The summed E-state index contributed by atoms with van der Waals surface area (Å²) in [4.78, 5) is 30.9. The standard InChI is InChI=1S/C37H42N6O3/c44-29-17-24-5-1-2-6-30(24)32(19-29)25-7-10-31-33(18-25)39-36(46-23-37-12-3-15-42(37)16-4-13-37)40-34(31)41-21-27-8-9-28(22-41)43(27)35(45)26-11-14-38-20-26/h1-2,5-7,10,17-19,26-28,38,44H,3-4,8-9,11-16,20-23H2/t26-,27?,28?/m0/s1. The summed E-state index contributed by atoms with van der Waals surface area (Å²) in [5.41, 5.74) is 2.89. The Balaban J connectivity index is 1.09. The minimum absolute atomic E-state index is 0.0982. The zero-order valence-electron chi connectivity index (χ0n) is 26.3. The van der Waals surface area contributed by atoms with E-state index in [1.165, 1.54) is 12.8 Å². The van der Waals surface area contributed by atoms with Crippen molar-refractivity contribution in [2.75, 3.05) is 50.8 Å². The first-order valence-electron chi connectivity index (χ1n) is 17.2. The fourth-order valence-electron chi connectivity index (χ4n) is 9.27. The summed E-state index contributed by atoms with van der Waals surface area (Å²) >= 11 is 0. The summed E-state index contributed by atoms with van der Waals surface area (Å²) in [5.74, 6) is 1.57. The second-order valence-electron chi connectivity index (χ2n) is 14.2. The summed E-state index contributed by atoms with van der Waals surface area (Å²) in [6, 6.07) is 19.0. The quantitative estimate of drug-likeness (QED) is 0.314. The molecule has 9 rings (SSSR count). The number of phenolic OH excluding ortho intramolecular Hbond substituents is 1. The fourth-order valence-corrected chi connectivity index (χ4v) is 9.27. The summed E-state index contributed by atoms with van der Waals surface area (Å²) in [6.45, 7) is 6.17. The third-order valence-electron chi connectivity index (χ3n) is 11.5. The maximum absolute atomic E-state index is 13.6. The molecule has 4 aromatic rings. The van der Waals surface area contributed by atoms with Crippen LogP contribution in [0.1, 0.15) is 44.9 Å². The Bertz CT molecular complexity index is 1800. The molecule has 9 nitrogen and oxygen atoms in total. The highest BCUT2D eigenvalue weighted by atomic mass is 16.5. The van der Waals surface area contributed by atoms with Crippen LogP contribution in [0.5, 0.6) is 11.8 Å². The normalized spacial score (nSPS) is 25.5. The van der Waals surface area contributed by atoms with Gasteiger partial charge in [0.15, 0.2) is 0 Å². The Morgan fingerprint density at radius 1 is 0.957 bits per heavy atom. The predicted octanol–water partition coefficient (Wildman–Crippen LogP) is 4.95. The Hall–Kier alpha value is -3.95. The third-order valence-corrected chi connectivity index (χ3v) is 11.5. The van der Waals surface area contributed by atoms with Crippen molar-refractivity contribution in [1.82, 2.24) is 25.1 Å². The van der Waals surface area contributed by atoms with Crippen molar-refractivity contribution in [2.45, 2.75) is 62.6 Å². The predicted molar refractivity (Wildman–Crippen MR) is 179 cm³/mol. The number of ether oxygens (including phenoxy) is 1. The monoisotopic (exact) mass is 618 g/mol. The number of benzene rings is 3. The fraction of sp³-hybridized carbons (Fsp3) is 0.486. The van der Waals surface area contributed by atoms with Crippen LogP contribution in [0.25, 0.3) is 32.8 Å². The number of amides is 1. The molecular formula is C37H42N6O3. The number of aromatic hydroxyl groups is 1. The molecule has 46 heavy (non-hydrogen) atoms. The van der Waals surface area contributed by atoms with Crippen molar-refractivity contribution < 1.29 is 14.6 Å². The molecule has 5 aliphatic rings. The molecule has 2 bridgehead atoms. The molecule has 238 valence electrons. The van der Waals surface area contributed by atoms with E-state index in [4.69, 9.17) is 14.7 Å². The molecule has 2 unspecified atom stereocenters. The van der Waals surface area contributed by atoms with Gasteiger partial charge in [0.05, 0.1) is 17.0 Å². The van der Waals surface area contributed by atoms with Crippen molar-refractivity contribution in [3.05, 3.63) is 54.6 Å². The number of nitrogens with one attached hydrogen (secondary N) is 1. The number of hydrogen-bond donors (Lipinski definition) is 2. The first-order chi connectivity index (χ1) is 22.5. The lowest BCUT2D eigenvalue weighted by molar-refractivity contribution is -0.138. The molecule has 1 amide bonds. The Kier molecular flexibility index (Phi) is 6.82. The van der Waals surface area contributed by atoms with Crippen LogP contribution in [0.2, 0.25) is 0 Å². The van der Waals surface area contributed by atoms with Crippen molar-refractivity contribution in [1.29, 1.82) is 0 Å². The zero-order valence-corrected chi connectivity index (χ0v) is 26.3. The van der Waals surface area contributed by atoms with Gasteiger partial charge < -0.3 is 25.0 Å². The smallest absolute Gasteiger partial charge is 0.319 e. The van der Waals surface area contributed by atoms with Gasteiger partial charge in [-0.15, -0.1) is 0 Å². The van der Waals surface area contributed by atoms with E-state index < -0.39 is 0 Å². The first-order valence-corrected chi connectivity index (χ1v) is 17.2. The molecule has 5 aliphatic heterocycles. The second kappa shape index (κ2) is 11.1. The van der Waals surface area contributed by atoms with Gasteiger partial charge in [0.25, 0.3) is 0 Å². The molecule has 0 aliphatic carbocycles. The Morgan fingerprint density at radius 2 is 1.76 bits per heavy atom. The minimum Gasteiger partial charge on any atom is -0.508 e. The topological polar surface area (TPSA) is 94.1 Å². The van der Waals surface area contributed by atoms with Crippen LogP contribution in [0.3, 0.4) is 0 Å². The summed E-state index contributed by atoms with van der Waals surface area (Å²) < 4.78 is 6.56. The number of carbonyl (C=O) groups excluding carboxylic acids is 1. The van der Waals surface area contributed by atoms with E-state index in [-0.39, 0.29) is 29.3 Å². The van der Waals surface area contributed by atoms with Crippen LogP contribution >= 0.6 is 0 Å². The van der Waals surface area contributed by atoms with Gasteiger partial charge in [-0.1, -0.05) is 30.3 Å². The molecule has 2 N–H and O–H groups in total. The van der Waals surface area contributed by atoms with Crippen molar-refractivity contribution in [3.8, 4) is 22.9 Å². The zero-order chi connectivity index (χ0) is 30.8. The van der Waals surface area contributed by atoms with E-state index in [0.29, 0.717) is 18.5 Å². The number of anilines is 1. The number of hydrogen-bond acceptors (Lipinski definition) is 8. The summed E-state index contributed by atoms with van der Waals surface area (Å²) in [5, 5.41) is 17.0. The van der Waals surface area contributed by atoms with Crippen LogP contribution < -0.4 is 15.0 Å². The molecule has 6 heterocycles. The number of rotatable bonds is 6. The third kappa shape index (κ3) is 4.70. The number of fused-ring (bicyclic) bond motifs is 5. The van der Waals surface area contributed by atoms with E-state index >= 15 is 0 Å². The van der Waals surface area contributed by atoms with E-state index in [1.807, 2.05) is 30.3 Å². The largest absolute Gasteiger partial charge is 0.508 e. The average molecular weight is 619 g/mol. The van der Waals surface area contributed by atoms with Crippen molar-refractivity contribution >= 4 is 33.4 Å². The molecule has 5 fully saturated rings. The van der Waals surface area contributed by atoms with Crippen molar-refractivity contribution in [2.24, 2.45) is 5.92 Å². The van der Waals surface area contributed by atoms with Gasteiger partial charge in [-0.3, -0.25) is 9.69 Å². The Morgan fingerprint density at radius 3 is 2.54 bits per heavy atom. The molecule has 0 spiro atoms. The number of phenols is 1. The SMILES string of the molecule is O=C([C@H]1CCNC1)N1C2CCC1CN(c1nc(OCC34CCCN3CCC4)nc3cc(-c4cc(O)cc5ccccc45)ccc13)C2. The van der Waals surface area contributed by atoms with Gasteiger partial charge in [0.1, 0.15) is 18.2 Å². The van der Waals surface area contributed by atoms with Crippen LogP contribution in [0, 0.1) is 5.92 Å². The molecule has 3 aromatic carbocycles. The number of nitrogens with zero attached hydrogens (tertiary/aromatic N) is 5. The van der Waals surface area contributed by atoms with Gasteiger partial charge in [-0.2, -0.15) is 9.97 Å². The highest BCUT2D eigenvalue weighted by molar-refractivity contribution is 6.01. The summed E-state index contributed by atoms with van der Waals surface area (Å²) in [6.07, 6.45) is 7.77. The maximum Gasteiger partial charge on any atom is 0.319 e. The number of aromatic nitrogens is 2. The molecule has 9 heteroatoms. The number of carbonyl (C=O) groups is 1. The van der Waals surface area contributed by atoms with Crippen molar-refractivity contribution in [3.63, 3.8) is 0 Å². The lowest BCUT2D eigenvalue weighted by Crippen LogP contribution is -2.57. The summed E-state index contributed by atoms with van der Waals surface area (Å²) in [7, 11) is 0. The van der Waals surface area contributed by atoms with Gasteiger partial charge in [0.2, 0.25) is 5.91 Å². The van der Waals surface area contributed by atoms with Crippen LogP contribution in [0.4, 0.5) is 5.82 Å². The van der Waals surface area contributed by atoms with E-state index in [9.17, 15) is 9.90 Å². The van der Waals surface area contributed by atoms with Crippen LogP contribution in [-0.2, 0) is 4.79 Å². The molecule has 0 saturated carbocycles. The van der Waals surface area contributed by atoms with E-state index in [2.05, 4.69) is 44.3 Å². The van der Waals surface area contributed by atoms with E-state index in [0.717, 1.165) is 110 Å². The number of piperazine rings is 1. The molecule has 0 radical (unpaired) electrons. The molecular weight excluding hydrogens is 576 g/mol. The highest BCUT2D eigenvalue weighted by Crippen LogP contribution is 2.41. The van der Waals surface area contributed by atoms with E-state index in [1.54, 1.807) is 0 Å². The lowest BCUT2D eigenvalue weighted by atomic mass is 9.95. The maximum atomic E-state index is 13.6. The second-order valence-corrected chi connectivity index (χ2v) is 14.2. The Labute approximate surface area is 269 Å². The first kappa shape index (κ1) is 28.3. The average Bonchev–Trinajstić information content (AvgIpc) is 3.87.